The van der Waals surface area contributed by atoms with Crippen LogP contribution in [0.5, 0.6) is 0 Å². The van der Waals surface area contributed by atoms with Crippen LogP contribution in [0, 0.1) is 23.2 Å². The topological polar surface area (TPSA) is 3.24 Å². The molecule has 2 rings (SSSR count). The minimum Gasteiger partial charge on any atom is -0.305 e. The summed E-state index contributed by atoms with van der Waals surface area (Å²) in [6.07, 6.45) is 0. The van der Waals surface area contributed by atoms with Crippen LogP contribution in [-0.2, 0) is 0 Å². The minimum atomic E-state index is 0.661. The van der Waals surface area contributed by atoms with Crippen molar-refractivity contribution < 1.29 is 0 Å². The fraction of sp³-hybridized carbons (Fsp3) is 1.00. The number of fused-ring (bicyclic) bond motifs is 1. The SMILES string of the molecule is CC1C(C)C2(C)CN(C)CC12. The van der Waals surface area contributed by atoms with Crippen molar-refractivity contribution in [3.8, 4) is 0 Å². The summed E-state index contributed by atoms with van der Waals surface area (Å²) < 4.78 is 0. The molecule has 1 saturated carbocycles. The average Bonchev–Trinajstić information content (AvgIpc) is 2.23. The molecule has 1 heterocycles. The van der Waals surface area contributed by atoms with Crippen molar-refractivity contribution in [2.75, 3.05) is 20.1 Å². The van der Waals surface area contributed by atoms with E-state index < -0.39 is 0 Å². The van der Waals surface area contributed by atoms with E-state index in [1.807, 2.05) is 0 Å². The second-order valence-electron chi connectivity index (χ2n) is 4.96. The van der Waals surface area contributed by atoms with Gasteiger partial charge in [0, 0.05) is 13.1 Å². The molecule has 0 amide bonds. The normalized spacial score (nSPS) is 57.3. The third kappa shape index (κ3) is 0.752. The van der Waals surface area contributed by atoms with Gasteiger partial charge >= 0.3 is 0 Å². The maximum atomic E-state index is 2.49. The number of rotatable bonds is 0. The quantitative estimate of drug-likeness (QED) is 0.513. The monoisotopic (exact) mass is 153 g/mol. The molecule has 1 nitrogen and oxygen atoms in total. The van der Waals surface area contributed by atoms with Crippen LogP contribution in [0.1, 0.15) is 20.8 Å². The fourth-order valence-corrected chi connectivity index (χ4v) is 3.39. The molecule has 1 heteroatoms. The molecule has 0 bridgehead atoms. The molecule has 0 aromatic carbocycles. The number of hydrogen-bond acceptors (Lipinski definition) is 1. The first-order valence-electron chi connectivity index (χ1n) is 4.74. The average molecular weight is 153 g/mol. The highest BCUT2D eigenvalue weighted by molar-refractivity contribution is 5.07. The molecule has 1 saturated heterocycles. The molecule has 0 N–H and O–H groups in total. The van der Waals surface area contributed by atoms with Crippen molar-refractivity contribution in [2.45, 2.75) is 20.8 Å². The smallest absolute Gasteiger partial charge is 0.00383 e. The Hall–Kier alpha value is -0.0400. The van der Waals surface area contributed by atoms with Crippen LogP contribution in [0.4, 0.5) is 0 Å². The third-order valence-corrected chi connectivity index (χ3v) is 4.43. The molecule has 4 atom stereocenters. The third-order valence-electron chi connectivity index (χ3n) is 4.43. The van der Waals surface area contributed by atoms with E-state index in [1.54, 1.807) is 0 Å². The highest BCUT2D eigenvalue weighted by Gasteiger charge is 2.58. The van der Waals surface area contributed by atoms with Gasteiger partial charge in [0.15, 0.2) is 0 Å². The summed E-state index contributed by atoms with van der Waals surface area (Å²) in [7, 11) is 2.25. The Morgan fingerprint density at radius 3 is 2.55 bits per heavy atom. The second kappa shape index (κ2) is 2.01. The summed E-state index contributed by atoms with van der Waals surface area (Å²) in [5, 5.41) is 0. The van der Waals surface area contributed by atoms with Gasteiger partial charge in [0.1, 0.15) is 0 Å². The molecule has 11 heavy (non-hydrogen) atoms. The Morgan fingerprint density at radius 2 is 2.00 bits per heavy atom. The Balaban J connectivity index is 2.18. The van der Waals surface area contributed by atoms with Crippen LogP contribution in [0.15, 0.2) is 0 Å². The molecular formula is C10H19N. The van der Waals surface area contributed by atoms with Crippen molar-refractivity contribution in [3.05, 3.63) is 0 Å². The maximum Gasteiger partial charge on any atom is 0.00383 e. The van der Waals surface area contributed by atoms with Gasteiger partial charge in [-0.2, -0.15) is 0 Å². The van der Waals surface area contributed by atoms with Gasteiger partial charge in [-0.3, -0.25) is 0 Å². The van der Waals surface area contributed by atoms with E-state index in [2.05, 4.69) is 32.7 Å². The Morgan fingerprint density at radius 1 is 1.36 bits per heavy atom. The number of likely N-dealkylation sites (tertiary alicyclic amines) is 1. The van der Waals surface area contributed by atoms with E-state index in [-0.39, 0.29) is 0 Å². The summed E-state index contributed by atoms with van der Waals surface area (Å²) >= 11 is 0. The van der Waals surface area contributed by atoms with Crippen molar-refractivity contribution in [3.63, 3.8) is 0 Å². The van der Waals surface area contributed by atoms with Crippen molar-refractivity contribution in [1.29, 1.82) is 0 Å². The van der Waals surface area contributed by atoms with E-state index in [9.17, 15) is 0 Å². The second-order valence-corrected chi connectivity index (χ2v) is 4.96. The summed E-state index contributed by atoms with van der Waals surface area (Å²) in [6, 6.07) is 0. The van der Waals surface area contributed by atoms with Gasteiger partial charge < -0.3 is 4.90 Å². The first-order chi connectivity index (χ1) is 5.05. The van der Waals surface area contributed by atoms with Gasteiger partial charge in [-0.05, 0) is 30.2 Å². The lowest BCUT2D eigenvalue weighted by atomic mass is 9.50. The Kier molecular flexibility index (Phi) is 1.39. The van der Waals surface area contributed by atoms with E-state index in [0.29, 0.717) is 5.41 Å². The van der Waals surface area contributed by atoms with Gasteiger partial charge in [-0.15, -0.1) is 0 Å². The molecule has 1 aliphatic heterocycles. The van der Waals surface area contributed by atoms with E-state index in [4.69, 9.17) is 0 Å². The molecule has 0 aromatic rings. The highest BCUT2D eigenvalue weighted by Crippen LogP contribution is 2.58. The summed E-state index contributed by atoms with van der Waals surface area (Å²) in [5.74, 6) is 2.89. The van der Waals surface area contributed by atoms with Crippen LogP contribution in [-0.4, -0.2) is 25.0 Å². The summed E-state index contributed by atoms with van der Waals surface area (Å²) in [6.45, 7) is 9.95. The largest absolute Gasteiger partial charge is 0.305 e. The van der Waals surface area contributed by atoms with Crippen molar-refractivity contribution >= 4 is 0 Å². The van der Waals surface area contributed by atoms with Gasteiger partial charge in [0.25, 0.3) is 0 Å². The van der Waals surface area contributed by atoms with E-state index in [0.717, 1.165) is 17.8 Å². The molecular weight excluding hydrogens is 134 g/mol. The zero-order valence-electron chi connectivity index (χ0n) is 8.09. The van der Waals surface area contributed by atoms with Gasteiger partial charge in [-0.25, -0.2) is 0 Å². The Labute approximate surface area is 69.8 Å². The lowest BCUT2D eigenvalue weighted by molar-refractivity contribution is -0.0497. The van der Waals surface area contributed by atoms with Crippen LogP contribution in [0.3, 0.4) is 0 Å². The summed E-state index contributed by atoms with van der Waals surface area (Å²) in [5.41, 5.74) is 0.661. The lowest BCUT2D eigenvalue weighted by Crippen LogP contribution is -2.51. The predicted octanol–water partition coefficient (Wildman–Crippen LogP) is 1.84. The number of nitrogens with zero attached hydrogens (tertiary/aromatic N) is 1. The molecule has 0 aromatic heterocycles. The maximum absolute atomic E-state index is 2.49. The van der Waals surface area contributed by atoms with Gasteiger partial charge in [-0.1, -0.05) is 20.8 Å². The van der Waals surface area contributed by atoms with Crippen LogP contribution >= 0.6 is 0 Å². The molecule has 64 valence electrons. The molecule has 2 fully saturated rings. The van der Waals surface area contributed by atoms with Crippen molar-refractivity contribution in [1.82, 2.24) is 4.90 Å². The number of hydrogen-bond donors (Lipinski definition) is 0. The molecule has 0 radical (unpaired) electrons. The Bertz CT molecular complexity index is 178. The van der Waals surface area contributed by atoms with Gasteiger partial charge in [0.2, 0.25) is 0 Å². The molecule has 0 spiro atoms. The lowest BCUT2D eigenvalue weighted by Gasteiger charge is -2.54. The van der Waals surface area contributed by atoms with Crippen LogP contribution < -0.4 is 0 Å². The van der Waals surface area contributed by atoms with Crippen LogP contribution in [0.2, 0.25) is 0 Å². The summed E-state index contributed by atoms with van der Waals surface area (Å²) in [4.78, 5) is 2.49. The standard InChI is InChI=1S/C10H19N/c1-7-8(2)10(3)6-11(4)5-9(7)10/h7-9H,5-6H2,1-4H3. The fourth-order valence-electron chi connectivity index (χ4n) is 3.39. The molecule has 1 aliphatic carbocycles. The van der Waals surface area contributed by atoms with Gasteiger partial charge in [0.05, 0.1) is 0 Å². The van der Waals surface area contributed by atoms with E-state index in [1.165, 1.54) is 13.1 Å². The van der Waals surface area contributed by atoms with Crippen LogP contribution in [0.25, 0.3) is 0 Å². The zero-order valence-corrected chi connectivity index (χ0v) is 8.09. The first kappa shape index (κ1) is 7.60. The molecule has 2 aliphatic rings. The van der Waals surface area contributed by atoms with E-state index >= 15 is 0 Å². The first-order valence-corrected chi connectivity index (χ1v) is 4.74. The highest BCUT2D eigenvalue weighted by atomic mass is 15.2. The predicted molar refractivity (Wildman–Crippen MR) is 47.4 cm³/mol. The minimum absolute atomic E-state index is 0.661. The van der Waals surface area contributed by atoms with Crippen molar-refractivity contribution in [2.24, 2.45) is 23.2 Å². The zero-order chi connectivity index (χ0) is 8.22. The molecule has 4 unspecified atom stereocenters.